The molecule has 1 nitrogen and oxygen atoms in total. The molecule has 0 spiro atoms. The summed E-state index contributed by atoms with van der Waals surface area (Å²) in [4.78, 5) is 4.62. The first-order valence-electron chi connectivity index (χ1n) is 4.82. The van der Waals surface area contributed by atoms with Gasteiger partial charge in [-0.15, -0.1) is 0 Å². The Hall–Kier alpha value is -1.11. The molecule has 0 saturated carbocycles. The van der Waals surface area contributed by atoms with Crippen LogP contribution in [-0.4, -0.2) is 5.71 Å². The molecule has 1 aromatic rings. The number of fused-ring (bicyclic) bond motifs is 1. The maximum atomic E-state index is 4.62. The van der Waals surface area contributed by atoms with Gasteiger partial charge in [-0.3, -0.25) is 4.99 Å². The molecule has 0 unspecified atom stereocenters. The minimum Gasteiger partial charge on any atom is -0.258 e. The van der Waals surface area contributed by atoms with Gasteiger partial charge in [0.05, 0.1) is 5.69 Å². The summed E-state index contributed by atoms with van der Waals surface area (Å²) in [5, 5.41) is 0. The van der Waals surface area contributed by atoms with Crippen molar-refractivity contribution < 1.29 is 0 Å². The van der Waals surface area contributed by atoms with Crippen LogP contribution in [0, 0.1) is 13.8 Å². The van der Waals surface area contributed by atoms with Gasteiger partial charge in [-0.2, -0.15) is 0 Å². The van der Waals surface area contributed by atoms with Crippen molar-refractivity contribution in [1.82, 2.24) is 0 Å². The molecule has 1 aliphatic rings. The fourth-order valence-corrected chi connectivity index (χ4v) is 1.88. The van der Waals surface area contributed by atoms with Crippen molar-refractivity contribution in [3.8, 4) is 0 Å². The monoisotopic (exact) mass is 173 g/mol. The Balaban J connectivity index is 2.65. The van der Waals surface area contributed by atoms with Gasteiger partial charge in [0.25, 0.3) is 0 Å². The maximum absolute atomic E-state index is 4.62. The van der Waals surface area contributed by atoms with Crippen LogP contribution in [0.4, 0.5) is 5.69 Å². The smallest absolute Gasteiger partial charge is 0.0692 e. The van der Waals surface area contributed by atoms with E-state index in [2.05, 4.69) is 37.9 Å². The van der Waals surface area contributed by atoms with E-state index in [0.29, 0.717) is 0 Å². The van der Waals surface area contributed by atoms with Crippen LogP contribution < -0.4 is 0 Å². The third-order valence-electron chi connectivity index (χ3n) is 2.76. The van der Waals surface area contributed by atoms with E-state index in [1.165, 1.54) is 28.1 Å². The molecule has 1 heterocycles. The second kappa shape index (κ2) is 2.99. The van der Waals surface area contributed by atoms with Crippen LogP contribution in [0.15, 0.2) is 17.1 Å². The van der Waals surface area contributed by atoms with Crippen molar-refractivity contribution in [2.24, 2.45) is 4.99 Å². The molecule has 0 fully saturated rings. The molecule has 0 amide bonds. The normalized spacial score (nSPS) is 15.2. The summed E-state index contributed by atoms with van der Waals surface area (Å²) in [6.45, 7) is 6.43. The highest BCUT2D eigenvalue weighted by atomic mass is 14.8. The fourth-order valence-electron chi connectivity index (χ4n) is 1.88. The van der Waals surface area contributed by atoms with Crippen molar-refractivity contribution in [2.45, 2.75) is 33.6 Å². The van der Waals surface area contributed by atoms with Gasteiger partial charge in [0.1, 0.15) is 0 Å². The zero-order valence-electron chi connectivity index (χ0n) is 8.52. The third kappa shape index (κ3) is 1.39. The summed E-state index contributed by atoms with van der Waals surface area (Å²) in [6.07, 6.45) is 2.29. The van der Waals surface area contributed by atoms with Crippen molar-refractivity contribution in [1.29, 1.82) is 0 Å². The van der Waals surface area contributed by atoms with Gasteiger partial charge in [0.2, 0.25) is 0 Å². The highest BCUT2D eigenvalue weighted by Crippen LogP contribution is 2.31. The van der Waals surface area contributed by atoms with Crippen LogP contribution in [0.1, 0.15) is 30.0 Å². The molecule has 2 rings (SSSR count). The summed E-state index contributed by atoms with van der Waals surface area (Å²) in [5.41, 5.74) is 6.63. The van der Waals surface area contributed by atoms with Gasteiger partial charge in [-0.1, -0.05) is 12.1 Å². The standard InChI is InChI=1S/C12H15N/c1-8-4-5-9(2)12-11(8)7-6-10(3)13-12/h4-5H,6-7H2,1-3H3. The average molecular weight is 173 g/mol. The molecule has 1 heteroatoms. The van der Waals surface area contributed by atoms with Gasteiger partial charge >= 0.3 is 0 Å². The Kier molecular flexibility index (Phi) is 1.95. The first kappa shape index (κ1) is 8.49. The Morgan fingerprint density at radius 1 is 1.00 bits per heavy atom. The molecule has 0 bridgehead atoms. The molecule has 1 aromatic carbocycles. The van der Waals surface area contributed by atoms with E-state index in [9.17, 15) is 0 Å². The SMILES string of the molecule is CC1=Nc2c(C)ccc(C)c2CC1. The predicted molar refractivity (Wildman–Crippen MR) is 57.0 cm³/mol. The first-order chi connectivity index (χ1) is 6.18. The first-order valence-corrected chi connectivity index (χ1v) is 4.82. The van der Waals surface area contributed by atoms with E-state index in [1.807, 2.05) is 0 Å². The molecule has 0 aliphatic carbocycles. The minimum absolute atomic E-state index is 1.12. The van der Waals surface area contributed by atoms with E-state index < -0.39 is 0 Å². The third-order valence-corrected chi connectivity index (χ3v) is 2.76. The van der Waals surface area contributed by atoms with E-state index in [-0.39, 0.29) is 0 Å². The van der Waals surface area contributed by atoms with Gasteiger partial charge in [-0.05, 0) is 50.3 Å². The largest absolute Gasteiger partial charge is 0.258 e. The van der Waals surface area contributed by atoms with Crippen LogP contribution >= 0.6 is 0 Å². The van der Waals surface area contributed by atoms with E-state index in [4.69, 9.17) is 0 Å². The molecule has 0 atom stereocenters. The quantitative estimate of drug-likeness (QED) is 0.570. The topological polar surface area (TPSA) is 12.4 Å². The lowest BCUT2D eigenvalue weighted by Gasteiger charge is -2.17. The Labute approximate surface area is 79.5 Å². The zero-order valence-corrected chi connectivity index (χ0v) is 8.52. The number of hydrogen-bond donors (Lipinski definition) is 0. The second-order valence-electron chi connectivity index (χ2n) is 3.87. The Morgan fingerprint density at radius 2 is 1.69 bits per heavy atom. The molecular formula is C12H15N. The van der Waals surface area contributed by atoms with Crippen molar-refractivity contribution >= 4 is 11.4 Å². The van der Waals surface area contributed by atoms with Crippen LogP contribution in [0.2, 0.25) is 0 Å². The van der Waals surface area contributed by atoms with Crippen molar-refractivity contribution in [3.05, 3.63) is 28.8 Å². The van der Waals surface area contributed by atoms with Gasteiger partial charge in [0, 0.05) is 5.71 Å². The van der Waals surface area contributed by atoms with Gasteiger partial charge in [-0.25, -0.2) is 0 Å². The lowest BCUT2D eigenvalue weighted by molar-refractivity contribution is 0.981. The highest BCUT2D eigenvalue weighted by Gasteiger charge is 2.12. The molecular weight excluding hydrogens is 158 g/mol. The molecule has 1 aliphatic heterocycles. The summed E-state index contributed by atoms with van der Waals surface area (Å²) in [7, 11) is 0. The van der Waals surface area contributed by atoms with E-state index in [1.54, 1.807) is 0 Å². The maximum Gasteiger partial charge on any atom is 0.0692 e. The van der Waals surface area contributed by atoms with Gasteiger partial charge < -0.3 is 0 Å². The minimum atomic E-state index is 1.12. The fraction of sp³-hybridized carbons (Fsp3) is 0.417. The average Bonchev–Trinajstić information content (AvgIpc) is 2.12. The number of rotatable bonds is 0. The molecule has 0 radical (unpaired) electrons. The highest BCUT2D eigenvalue weighted by molar-refractivity contribution is 5.87. The van der Waals surface area contributed by atoms with Gasteiger partial charge in [0.15, 0.2) is 0 Å². The summed E-state index contributed by atoms with van der Waals surface area (Å²) < 4.78 is 0. The summed E-state index contributed by atoms with van der Waals surface area (Å²) >= 11 is 0. The lowest BCUT2D eigenvalue weighted by atomic mass is 9.95. The van der Waals surface area contributed by atoms with E-state index in [0.717, 1.165) is 12.8 Å². The van der Waals surface area contributed by atoms with Crippen LogP contribution in [0.25, 0.3) is 0 Å². The Morgan fingerprint density at radius 3 is 2.46 bits per heavy atom. The van der Waals surface area contributed by atoms with E-state index >= 15 is 0 Å². The van der Waals surface area contributed by atoms with Crippen LogP contribution in [-0.2, 0) is 6.42 Å². The summed E-state index contributed by atoms with van der Waals surface area (Å²) in [5.74, 6) is 0. The summed E-state index contributed by atoms with van der Waals surface area (Å²) in [6, 6.07) is 4.36. The lowest BCUT2D eigenvalue weighted by Crippen LogP contribution is -2.04. The number of nitrogens with zero attached hydrogens (tertiary/aromatic N) is 1. The zero-order chi connectivity index (χ0) is 9.42. The van der Waals surface area contributed by atoms with Crippen LogP contribution in [0.5, 0.6) is 0 Å². The van der Waals surface area contributed by atoms with Crippen LogP contribution in [0.3, 0.4) is 0 Å². The number of aryl methyl sites for hydroxylation is 2. The number of aliphatic imine (C=N–C) groups is 1. The molecule has 0 saturated heterocycles. The second-order valence-corrected chi connectivity index (χ2v) is 3.87. The molecule has 13 heavy (non-hydrogen) atoms. The number of hydrogen-bond acceptors (Lipinski definition) is 1. The Bertz CT molecular complexity index is 375. The molecule has 0 aromatic heterocycles. The predicted octanol–water partition coefficient (Wildman–Crippen LogP) is 3.34. The van der Waals surface area contributed by atoms with Crippen molar-refractivity contribution in [2.75, 3.05) is 0 Å². The van der Waals surface area contributed by atoms with Crippen molar-refractivity contribution in [3.63, 3.8) is 0 Å². The number of benzene rings is 1. The molecule has 68 valence electrons. The molecule has 0 N–H and O–H groups in total.